The molecule has 190 valence electrons. The van der Waals surface area contributed by atoms with E-state index in [1.165, 1.54) is 12.1 Å². The predicted octanol–water partition coefficient (Wildman–Crippen LogP) is 4.45. The fraction of sp³-hybridized carbons (Fsp3) is 0.0345. The average molecular weight is 525 g/mol. The number of para-hydroxylation sites is 1. The first kappa shape index (κ1) is 24.8. The summed E-state index contributed by atoms with van der Waals surface area (Å²) in [6.07, 6.45) is 0.122. The summed E-state index contributed by atoms with van der Waals surface area (Å²) in [6, 6.07) is 29.6. The maximum Gasteiger partial charge on any atom is 0.261 e. The normalized spacial score (nSPS) is 13.8. The van der Waals surface area contributed by atoms with E-state index in [1.807, 2.05) is 30.3 Å². The van der Waals surface area contributed by atoms with E-state index in [2.05, 4.69) is 15.4 Å². The Morgan fingerprint density at radius 1 is 0.816 bits per heavy atom. The first-order valence-electron chi connectivity index (χ1n) is 11.8. The summed E-state index contributed by atoms with van der Waals surface area (Å²) in [5.41, 5.74) is 9.70. The number of nitrogens with one attached hydrogen (secondary N) is 3. The highest BCUT2D eigenvalue weighted by Gasteiger charge is 2.30. The van der Waals surface area contributed by atoms with Crippen LogP contribution in [0, 0.1) is 0 Å². The molecule has 0 saturated heterocycles. The number of carbonyl (C=O) groups excluding carboxylic acids is 2. The van der Waals surface area contributed by atoms with E-state index in [4.69, 9.17) is 5.73 Å². The monoisotopic (exact) mass is 524 g/mol. The van der Waals surface area contributed by atoms with Crippen LogP contribution in [0.5, 0.6) is 0 Å². The molecule has 38 heavy (non-hydrogen) atoms. The Bertz CT molecular complexity index is 1650. The van der Waals surface area contributed by atoms with Crippen LogP contribution >= 0.6 is 0 Å². The molecular weight excluding hydrogens is 500 g/mol. The molecule has 1 heterocycles. The number of anilines is 3. The van der Waals surface area contributed by atoms with Gasteiger partial charge in [-0.05, 0) is 53.6 Å². The number of primary amides is 1. The zero-order valence-electron chi connectivity index (χ0n) is 20.1. The van der Waals surface area contributed by atoms with E-state index in [9.17, 15) is 18.0 Å². The van der Waals surface area contributed by atoms with Crippen LogP contribution in [0.25, 0.3) is 11.3 Å². The average Bonchev–Trinajstić information content (AvgIpc) is 3.23. The maximum absolute atomic E-state index is 13.2. The molecule has 8 nitrogen and oxygen atoms in total. The second-order valence-corrected chi connectivity index (χ2v) is 10.4. The third-order valence-corrected chi connectivity index (χ3v) is 7.36. The van der Waals surface area contributed by atoms with E-state index in [1.54, 1.807) is 60.7 Å². The molecule has 0 fully saturated rings. The number of hydrogen-bond donors (Lipinski definition) is 4. The molecule has 5 N–H and O–H groups in total. The van der Waals surface area contributed by atoms with Gasteiger partial charge in [-0.1, -0.05) is 60.7 Å². The first-order valence-corrected chi connectivity index (χ1v) is 13.3. The van der Waals surface area contributed by atoms with Gasteiger partial charge in [-0.25, -0.2) is 8.42 Å². The zero-order valence-corrected chi connectivity index (χ0v) is 21.0. The fourth-order valence-electron chi connectivity index (χ4n) is 4.22. The van der Waals surface area contributed by atoms with Gasteiger partial charge >= 0.3 is 0 Å². The van der Waals surface area contributed by atoms with Gasteiger partial charge in [0, 0.05) is 22.6 Å². The maximum atomic E-state index is 13.2. The predicted molar refractivity (Wildman–Crippen MR) is 149 cm³/mol. The van der Waals surface area contributed by atoms with Crippen LogP contribution in [0.3, 0.4) is 0 Å². The lowest BCUT2D eigenvalue weighted by atomic mass is 10.00. The number of carbonyl (C=O) groups is 2. The van der Waals surface area contributed by atoms with Crippen molar-refractivity contribution in [3.05, 3.63) is 120 Å². The summed E-state index contributed by atoms with van der Waals surface area (Å²) in [5, 5.41) is 6.16. The molecule has 2 amide bonds. The zero-order chi connectivity index (χ0) is 26.7. The van der Waals surface area contributed by atoms with Gasteiger partial charge in [-0.3, -0.25) is 14.3 Å². The lowest BCUT2D eigenvalue weighted by molar-refractivity contribution is -0.117. The topological polar surface area (TPSA) is 130 Å². The number of hydrogen-bond acceptors (Lipinski definition) is 5. The molecule has 0 unspecified atom stereocenters. The smallest absolute Gasteiger partial charge is 0.261 e. The van der Waals surface area contributed by atoms with Crippen molar-refractivity contribution in [2.75, 3.05) is 15.4 Å². The molecule has 1 aliphatic heterocycles. The van der Waals surface area contributed by atoms with Gasteiger partial charge in [0.05, 0.1) is 22.6 Å². The van der Waals surface area contributed by atoms with Gasteiger partial charge in [0.15, 0.2) is 0 Å². The van der Waals surface area contributed by atoms with Crippen molar-refractivity contribution in [1.29, 1.82) is 0 Å². The van der Waals surface area contributed by atoms with Gasteiger partial charge in [-0.15, -0.1) is 0 Å². The summed E-state index contributed by atoms with van der Waals surface area (Å²) in [7, 11) is -3.91. The highest BCUT2D eigenvalue weighted by molar-refractivity contribution is 7.92. The first-order chi connectivity index (χ1) is 18.3. The Morgan fingerprint density at radius 2 is 1.47 bits per heavy atom. The Kier molecular flexibility index (Phi) is 6.68. The molecular formula is C29H24N4O4S. The Balaban J connectivity index is 1.58. The van der Waals surface area contributed by atoms with Crippen molar-refractivity contribution < 1.29 is 18.0 Å². The highest BCUT2D eigenvalue weighted by Crippen LogP contribution is 2.39. The molecule has 0 bridgehead atoms. The van der Waals surface area contributed by atoms with E-state index >= 15 is 0 Å². The van der Waals surface area contributed by atoms with Crippen LogP contribution in [0.4, 0.5) is 17.1 Å². The van der Waals surface area contributed by atoms with Crippen LogP contribution in [0.1, 0.15) is 16.7 Å². The van der Waals surface area contributed by atoms with Gasteiger partial charge in [0.1, 0.15) is 0 Å². The molecule has 0 atom stereocenters. The van der Waals surface area contributed by atoms with Crippen molar-refractivity contribution in [2.24, 2.45) is 5.73 Å². The summed E-state index contributed by atoms with van der Waals surface area (Å²) < 4.78 is 28.9. The minimum atomic E-state index is -3.91. The molecule has 9 heteroatoms. The van der Waals surface area contributed by atoms with Crippen LogP contribution in [0.15, 0.2) is 108 Å². The third kappa shape index (κ3) is 5.28. The third-order valence-electron chi connectivity index (χ3n) is 5.99. The Morgan fingerprint density at radius 3 is 2.13 bits per heavy atom. The van der Waals surface area contributed by atoms with Gasteiger partial charge in [0.25, 0.3) is 15.9 Å². The largest absolute Gasteiger partial charge is 0.369 e. The van der Waals surface area contributed by atoms with Crippen LogP contribution in [-0.4, -0.2) is 20.2 Å². The van der Waals surface area contributed by atoms with Crippen molar-refractivity contribution in [1.82, 2.24) is 0 Å². The summed E-state index contributed by atoms with van der Waals surface area (Å²) in [6.45, 7) is 0. The van der Waals surface area contributed by atoms with Crippen molar-refractivity contribution in [2.45, 2.75) is 11.3 Å². The fourth-order valence-corrected chi connectivity index (χ4v) is 5.30. The molecule has 0 aliphatic carbocycles. The van der Waals surface area contributed by atoms with E-state index < -0.39 is 15.9 Å². The molecule has 0 spiro atoms. The minimum absolute atomic E-state index is 0.0253. The van der Waals surface area contributed by atoms with E-state index in [0.29, 0.717) is 33.9 Å². The Labute approximate surface area is 220 Å². The number of nitrogens with two attached hydrogens (primary N) is 1. The number of amides is 2. The number of fused-ring (bicyclic) bond motifs is 1. The van der Waals surface area contributed by atoms with E-state index in [-0.39, 0.29) is 17.2 Å². The summed E-state index contributed by atoms with van der Waals surface area (Å²) in [4.78, 5) is 24.5. The number of rotatable bonds is 8. The second kappa shape index (κ2) is 10.2. The molecule has 5 rings (SSSR count). The molecule has 0 radical (unpaired) electrons. The van der Waals surface area contributed by atoms with E-state index in [0.717, 1.165) is 11.1 Å². The van der Waals surface area contributed by atoms with Gasteiger partial charge < -0.3 is 16.4 Å². The van der Waals surface area contributed by atoms with Gasteiger partial charge in [0.2, 0.25) is 5.91 Å². The van der Waals surface area contributed by atoms with Crippen molar-refractivity contribution >= 4 is 50.2 Å². The van der Waals surface area contributed by atoms with Crippen molar-refractivity contribution in [3.63, 3.8) is 0 Å². The molecule has 0 saturated carbocycles. The molecule has 4 aromatic carbocycles. The van der Waals surface area contributed by atoms with Crippen LogP contribution in [0.2, 0.25) is 0 Å². The lowest BCUT2D eigenvalue weighted by Crippen LogP contribution is -2.13. The van der Waals surface area contributed by atoms with Crippen LogP contribution in [-0.2, 0) is 26.0 Å². The number of benzene rings is 4. The van der Waals surface area contributed by atoms with Crippen LogP contribution < -0.4 is 21.1 Å². The minimum Gasteiger partial charge on any atom is -0.369 e. The van der Waals surface area contributed by atoms with Crippen molar-refractivity contribution in [3.8, 4) is 0 Å². The quantitative estimate of drug-likeness (QED) is 0.253. The Hall–Kier alpha value is -4.89. The molecule has 0 aromatic heterocycles. The standard InChI is InChI=1S/C29H24N4O4S/c30-26(34)17-19-11-13-21(14-12-19)31-28(20-7-3-1-4-8-20)27-24-18-23(15-16-25(24)32-29(27)35)38(36,37)33-22-9-5-2-6-10-22/h1-16,18,31,33H,17H2,(H2,30,34)(H,32,35). The molecule has 1 aliphatic rings. The second-order valence-electron chi connectivity index (χ2n) is 8.71. The lowest BCUT2D eigenvalue weighted by Gasteiger charge is -2.15. The summed E-state index contributed by atoms with van der Waals surface area (Å²) >= 11 is 0. The number of sulfonamides is 1. The van der Waals surface area contributed by atoms with Gasteiger partial charge in [-0.2, -0.15) is 0 Å². The highest BCUT2D eigenvalue weighted by atomic mass is 32.2. The SMILES string of the molecule is NC(=O)Cc1ccc(NC(=C2C(=O)Nc3ccc(S(=O)(=O)Nc4ccccc4)cc32)c2ccccc2)cc1. The summed E-state index contributed by atoms with van der Waals surface area (Å²) in [5.74, 6) is -0.785. The molecule has 4 aromatic rings.